The van der Waals surface area contributed by atoms with Crippen LogP contribution in [0.5, 0.6) is 0 Å². The molecule has 1 saturated heterocycles. The summed E-state index contributed by atoms with van der Waals surface area (Å²) in [6, 6.07) is 0. The fraction of sp³-hybridized carbons (Fsp3) is 0.600. The van der Waals surface area contributed by atoms with Crippen LogP contribution < -0.4 is 0 Å². The fourth-order valence-corrected chi connectivity index (χ4v) is 2.12. The van der Waals surface area contributed by atoms with Crippen LogP contribution in [0.1, 0.15) is 33.1 Å². The highest BCUT2D eigenvalue weighted by Crippen LogP contribution is 2.25. The zero-order valence-electron chi connectivity index (χ0n) is 11.2. The number of hydrogen-bond donors (Lipinski definition) is 1. The SMILES string of the molecule is C=C(/C=C\C=C/C)CN1CCC(O)(CC)CC1. The normalized spacial score (nSPS) is 21.4. The monoisotopic (exact) mass is 235 g/mol. The van der Waals surface area contributed by atoms with E-state index >= 15 is 0 Å². The van der Waals surface area contributed by atoms with E-state index in [1.807, 2.05) is 25.2 Å². The smallest absolute Gasteiger partial charge is 0.0669 e. The van der Waals surface area contributed by atoms with Crippen molar-refractivity contribution in [2.24, 2.45) is 0 Å². The summed E-state index contributed by atoms with van der Waals surface area (Å²) in [5.41, 5.74) is 0.712. The predicted octanol–water partition coefficient (Wildman–Crippen LogP) is 2.91. The number of rotatable bonds is 5. The summed E-state index contributed by atoms with van der Waals surface area (Å²) in [6.45, 7) is 11.0. The quantitative estimate of drug-likeness (QED) is 0.741. The van der Waals surface area contributed by atoms with Gasteiger partial charge in [0.25, 0.3) is 0 Å². The van der Waals surface area contributed by atoms with Crippen molar-refractivity contribution in [3.8, 4) is 0 Å². The lowest BCUT2D eigenvalue weighted by molar-refractivity contribution is -0.0217. The van der Waals surface area contributed by atoms with Crippen molar-refractivity contribution in [1.82, 2.24) is 4.90 Å². The molecule has 0 atom stereocenters. The lowest BCUT2D eigenvalue weighted by Gasteiger charge is -2.37. The van der Waals surface area contributed by atoms with E-state index in [-0.39, 0.29) is 0 Å². The second kappa shape index (κ2) is 6.77. The molecule has 0 radical (unpaired) electrons. The minimum Gasteiger partial charge on any atom is -0.390 e. The molecule has 17 heavy (non-hydrogen) atoms. The Bertz CT molecular complexity index is 296. The molecule has 0 bridgehead atoms. The molecule has 0 aliphatic carbocycles. The zero-order valence-corrected chi connectivity index (χ0v) is 11.2. The maximum absolute atomic E-state index is 10.1. The van der Waals surface area contributed by atoms with Crippen LogP contribution in [-0.4, -0.2) is 35.2 Å². The highest BCUT2D eigenvalue weighted by atomic mass is 16.3. The number of hydrogen-bond acceptors (Lipinski definition) is 2. The molecule has 2 nitrogen and oxygen atoms in total. The maximum atomic E-state index is 10.1. The third-order valence-electron chi connectivity index (χ3n) is 3.51. The Morgan fingerprint density at radius 3 is 2.53 bits per heavy atom. The van der Waals surface area contributed by atoms with Crippen molar-refractivity contribution < 1.29 is 5.11 Å². The first-order valence-corrected chi connectivity index (χ1v) is 6.51. The maximum Gasteiger partial charge on any atom is 0.0669 e. The van der Waals surface area contributed by atoms with Gasteiger partial charge in [0.15, 0.2) is 0 Å². The first kappa shape index (κ1) is 14.2. The van der Waals surface area contributed by atoms with Gasteiger partial charge in [-0.2, -0.15) is 0 Å². The van der Waals surface area contributed by atoms with Gasteiger partial charge in [-0.05, 0) is 31.8 Å². The van der Waals surface area contributed by atoms with E-state index in [1.165, 1.54) is 0 Å². The molecule has 0 aromatic rings. The van der Waals surface area contributed by atoms with Crippen molar-refractivity contribution in [3.63, 3.8) is 0 Å². The second-order valence-corrected chi connectivity index (χ2v) is 4.90. The van der Waals surface area contributed by atoms with Crippen molar-refractivity contribution in [3.05, 3.63) is 36.5 Å². The topological polar surface area (TPSA) is 23.5 Å². The standard InChI is InChI=1S/C15H25NO/c1-4-6-7-8-14(3)13-16-11-9-15(17,5-2)10-12-16/h4,6-8,17H,3,5,9-13H2,1-2H3/b6-4-,8-7-. The largest absolute Gasteiger partial charge is 0.390 e. The second-order valence-electron chi connectivity index (χ2n) is 4.90. The van der Waals surface area contributed by atoms with E-state index in [4.69, 9.17) is 0 Å². The molecule has 1 aliphatic rings. The molecule has 1 N–H and O–H groups in total. The Morgan fingerprint density at radius 2 is 2.00 bits per heavy atom. The summed E-state index contributed by atoms with van der Waals surface area (Å²) in [6.07, 6.45) is 10.7. The van der Waals surface area contributed by atoms with Gasteiger partial charge in [-0.15, -0.1) is 0 Å². The van der Waals surface area contributed by atoms with Crippen LogP contribution in [0.2, 0.25) is 0 Å². The summed E-state index contributed by atoms with van der Waals surface area (Å²) in [5, 5.41) is 10.1. The number of piperidine rings is 1. The molecule has 0 aromatic heterocycles. The highest BCUT2D eigenvalue weighted by Gasteiger charge is 2.29. The van der Waals surface area contributed by atoms with Gasteiger partial charge in [-0.1, -0.05) is 37.8 Å². The third kappa shape index (κ3) is 4.88. The molecule has 1 aliphatic heterocycles. The number of allylic oxidation sites excluding steroid dienone is 3. The Morgan fingerprint density at radius 1 is 1.35 bits per heavy atom. The van der Waals surface area contributed by atoms with Crippen LogP contribution in [0.4, 0.5) is 0 Å². The molecule has 0 spiro atoms. The molecule has 2 heteroatoms. The van der Waals surface area contributed by atoms with E-state index in [0.29, 0.717) is 0 Å². The summed E-state index contributed by atoms with van der Waals surface area (Å²) < 4.78 is 0. The Kier molecular flexibility index (Phi) is 5.66. The van der Waals surface area contributed by atoms with Crippen LogP contribution in [0.25, 0.3) is 0 Å². The molecular formula is C15H25NO. The summed E-state index contributed by atoms with van der Waals surface area (Å²) in [5.74, 6) is 0. The van der Waals surface area contributed by atoms with E-state index in [9.17, 15) is 5.11 Å². The van der Waals surface area contributed by atoms with Crippen LogP contribution in [0.15, 0.2) is 36.5 Å². The fourth-order valence-electron chi connectivity index (χ4n) is 2.12. The molecule has 0 unspecified atom stereocenters. The van der Waals surface area contributed by atoms with Gasteiger partial charge in [0, 0.05) is 19.6 Å². The molecule has 1 heterocycles. The average Bonchev–Trinajstić information content (AvgIpc) is 2.33. The first-order valence-electron chi connectivity index (χ1n) is 6.51. The zero-order chi connectivity index (χ0) is 12.7. The van der Waals surface area contributed by atoms with Crippen molar-refractivity contribution in [2.75, 3.05) is 19.6 Å². The Balaban J connectivity index is 2.33. The third-order valence-corrected chi connectivity index (χ3v) is 3.51. The van der Waals surface area contributed by atoms with E-state index in [0.717, 1.165) is 44.5 Å². The number of likely N-dealkylation sites (tertiary alicyclic amines) is 1. The summed E-state index contributed by atoms with van der Waals surface area (Å²) in [7, 11) is 0. The van der Waals surface area contributed by atoms with E-state index in [2.05, 4.69) is 24.5 Å². The van der Waals surface area contributed by atoms with E-state index in [1.54, 1.807) is 0 Å². The lowest BCUT2D eigenvalue weighted by atomic mass is 9.89. The van der Waals surface area contributed by atoms with Crippen LogP contribution in [0.3, 0.4) is 0 Å². The van der Waals surface area contributed by atoms with E-state index < -0.39 is 5.60 Å². The molecule has 0 saturated carbocycles. The molecule has 96 valence electrons. The van der Waals surface area contributed by atoms with Gasteiger partial charge in [0.2, 0.25) is 0 Å². The Labute approximate surface area is 105 Å². The van der Waals surface area contributed by atoms with Gasteiger partial charge in [-0.3, -0.25) is 4.90 Å². The minimum atomic E-state index is -0.418. The molecule has 1 fully saturated rings. The van der Waals surface area contributed by atoms with Gasteiger partial charge in [0.05, 0.1) is 5.60 Å². The van der Waals surface area contributed by atoms with Crippen molar-refractivity contribution in [2.45, 2.75) is 38.7 Å². The summed E-state index contributed by atoms with van der Waals surface area (Å²) in [4.78, 5) is 2.37. The van der Waals surface area contributed by atoms with Crippen LogP contribution in [-0.2, 0) is 0 Å². The average molecular weight is 235 g/mol. The van der Waals surface area contributed by atoms with Gasteiger partial charge >= 0.3 is 0 Å². The molecule has 0 amide bonds. The Hall–Kier alpha value is -0.860. The van der Waals surface area contributed by atoms with Gasteiger partial charge < -0.3 is 5.11 Å². The van der Waals surface area contributed by atoms with Crippen LogP contribution in [0, 0.1) is 0 Å². The summed E-state index contributed by atoms with van der Waals surface area (Å²) >= 11 is 0. The highest BCUT2D eigenvalue weighted by molar-refractivity contribution is 5.20. The van der Waals surface area contributed by atoms with Crippen LogP contribution >= 0.6 is 0 Å². The molecular weight excluding hydrogens is 210 g/mol. The number of nitrogens with zero attached hydrogens (tertiary/aromatic N) is 1. The lowest BCUT2D eigenvalue weighted by Crippen LogP contribution is -2.44. The van der Waals surface area contributed by atoms with Gasteiger partial charge in [0.1, 0.15) is 0 Å². The predicted molar refractivity (Wildman–Crippen MR) is 74.0 cm³/mol. The van der Waals surface area contributed by atoms with Crippen molar-refractivity contribution in [1.29, 1.82) is 0 Å². The molecule has 1 rings (SSSR count). The van der Waals surface area contributed by atoms with Gasteiger partial charge in [-0.25, -0.2) is 0 Å². The number of aliphatic hydroxyl groups is 1. The first-order chi connectivity index (χ1) is 8.09. The minimum absolute atomic E-state index is 0.418. The molecule has 0 aromatic carbocycles. The van der Waals surface area contributed by atoms with Crippen molar-refractivity contribution >= 4 is 0 Å².